The molecule has 0 bridgehead atoms. The Morgan fingerprint density at radius 1 is 0.550 bits per heavy atom. The summed E-state index contributed by atoms with van der Waals surface area (Å²) in [5.74, 6) is -2.42. The molecule has 0 unspecified atom stereocenters. The number of hydrogen-bond donors (Lipinski definition) is 0. The molecule has 200 valence electrons. The van der Waals surface area contributed by atoms with Crippen LogP contribution in [0.4, 0.5) is 0 Å². The van der Waals surface area contributed by atoms with E-state index in [9.17, 15) is 9.59 Å². The smallest absolute Gasteiger partial charge is 0.310 e. The summed E-state index contributed by atoms with van der Waals surface area (Å²) in [5, 5.41) is 0. The second kappa shape index (κ2) is 12.4. The lowest BCUT2D eigenvalue weighted by molar-refractivity contribution is -0.169. The monoisotopic (exact) mass is 528 g/mol. The van der Waals surface area contributed by atoms with Gasteiger partial charge in [0.25, 0.3) is 0 Å². The fraction of sp³-hybridized carbons (Fsp3) is 0.167. The predicted octanol–water partition coefficient (Wildman–Crippen LogP) is 7.57. The van der Waals surface area contributed by atoms with Gasteiger partial charge in [-0.1, -0.05) is 135 Å². The third-order valence-electron chi connectivity index (χ3n) is 7.65. The van der Waals surface area contributed by atoms with Crippen LogP contribution in [0.25, 0.3) is 12.2 Å². The van der Waals surface area contributed by atoms with E-state index in [2.05, 4.69) is 13.2 Å². The summed E-state index contributed by atoms with van der Waals surface area (Å²) in [6.45, 7) is 7.88. The molecule has 4 aromatic rings. The zero-order chi connectivity index (χ0) is 27.9. The van der Waals surface area contributed by atoms with Crippen LogP contribution in [0, 0.1) is 11.8 Å². The number of ether oxygens (including phenoxy) is 2. The molecule has 0 N–H and O–H groups in total. The first kappa shape index (κ1) is 26.9. The Morgan fingerprint density at radius 3 is 1.23 bits per heavy atom. The zero-order valence-electron chi connectivity index (χ0n) is 22.3. The summed E-state index contributed by atoms with van der Waals surface area (Å²) in [6.07, 6.45) is 3.54. The Labute approximate surface area is 235 Å². The highest BCUT2D eigenvalue weighted by atomic mass is 16.5. The van der Waals surface area contributed by atoms with E-state index in [4.69, 9.17) is 9.47 Å². The second-order valence-corrected chi connectivity index (χ2v) is 10.0. The minimum Gasteiger partial charge on any atom is -0.461 e. The van der Waals surface area contributed by atoms with Crippen molar-refractivity contribution in [2.45, 2.75) is 25.0 Å². The first-order valence-corrected chi connectivity index (χ1v) is 13.4. The lowest BCUT2D eigenvalue weighted by Crippen LogP contribution is -2.51. The molecule has 1 aliphatic rings. The molecule has 0 heterocycles. The Hall–Kier alpha value is -4.70. The Balaban J connectivity index is 1.41. The van der Waals surface area contributed by atoms with Gasteiger partial charge in [-0.15, -0.1) is 0 Å². The van der Waals surface area contributed by atoms with Crippen LogP contribution in [-0.2, 0) is 32.3 Å². The van der Waals surface area contributed by atoms with Crippen LogP contribution in [0.15, 0.2) is 122 Å². The van der Waals surface area contributed by atoms with Gasteiger partial charge in [0.15, 0.2) is 0 Å². The number of carbonyl (C=O) groups is 2. The van der Waals surface area contributed by atoms with Gasteiger partial charge in [-0.25, -0.2) is 0 Å². The van der Waals surface area contributed by atoms with Crippen LogP contribution in [0.3, 0.4) is 0 Å². The van der Waals surface area contributed by atoms with Crippen molar-refractivity contribution in [3.8, 4) is 0 Å². The third kappa shape index (κ3) is 5.81. The number of esters is 2. The molecule has 40 heavy (non-hydrogen) atoms. The van der Waals surface area contributed by atoms with Crippen LogP contribution < -0.4 is 0 Å². The molecule has 0 aliphatic heterocycles. The van der Waals surface area contributed by atoms with E-state index in [0.29, 0.717) is 0 Å². The molecule has 0 saturated heterocycles. The highest BCUT2D eigenvalue weighted by molar-refractivity contribution is 5.85. The van der Waals surface area contributed by atoms with E-state index >= 15 is 0 Å². The summed E-state index contributed by atoms with van der Waals surface area (Å²) in [7, 11) is 0. The normalized spacial score (nSPS) is 19.6. The van der Waals surface area contributed by atoms with Gasteiger partial charge in [-0.3, -0.25) is 9.59 Å². The van der Waals surface area contributed by atoms with Crippen LogP contribution in [0.2, 0.25) is 0 Å². The maximum atomic E-state index is 13.7. The van der Waals surface area contributed by atoms with E-state index in [-0.39, 0.29) is 37.0 Å². The summed E-state index contributed by atoms with van der Waals surface area (Å²) in [6, 6.07) is 34.9. The first-order valence-electron chi connectivity index (χ1n) is 13.4. The second-order valence-electron chi connectivity index (χ2n) is 10.0. The van der Waals surface area contributed by atoms with Crippen molar-refractivity contribution in [2.75, 3.05) is 0 Å². The van der Waals surface area contributed by atoms with E-state index in [0.717, 1.165) is 33.4 Å². The number of benzene rings is 4. The topological polar surface area (TPSA) is 52.6 Å². The Kier molecular flexibility index (Phi) is 8.36. The number of carbonyl (C=O) groups excluding carboxylic acids is 2. The molecular weight excluding hydrogens is 496 g/mol. The van der Waals surface area contributed by atoms with E-state index in [1.54, 1.807) is 12.2 Å². The van der Waals surface area contributed by atoms with E-state index < -0.39 is 11.8 Å². The number of rotatable bonds is 10. The molecule has 5 rings (SSSR count). The minimum atomic E-state index is -0.526. The minimum absolute atomic E-state index is 0.158. The molecule has 1 aliphatic carbocycles. The van der Waals surface area contributed by atoms with Crippen molar-refractivity contribution >= 4 is 24.1 Å². The van der Waals surface area contributed by atoms with Gasteiger partial charge in [0.05, 0.1) is 11.8 Å². The fourth-order valence-electron chi connectivity index (χ4n) is 5.52. The zero-order valence-corrected chi connectivity index (χ0v) is 22.3. The maximum absolute atomic E-state index is 13.7. The molecule has 4 heteroatoms. The average Bonchev–Trinajstić information content (AvgIpc) is 3.00. The van der Waals surface area contributed by atoms with Crippen LogP contribution in [0.5, 0.6) is 0 Å². The molecule has 0 amide bonds. The lowest BCUT2D eigenvalue weighted by atomic mass is 9.52. The van der Waals surface area contributed by atoms with Crippen LogP contribution in [-0.4, -0.2) is 11.9 Å². The van der Waals surface area contributed by atoms with Crippen molar-refractivity contribution in [1.29, 1.82) is 0 Å². The highest BCUT2D eigenvalue weighted by Gasteiger charge is 2.59. The van der Waals surface area contributed by atoms with E-state index in [1.807, 2.05) is 109 Å². The highest BCUT2D eigenvalue weighted by Crippen LogP contribution is 2.58. The van der Waals surface area contributed by atoms with Crippen LogP contribution >= 0.6 is 0 Å². The van der Waals surface area contributed by atoms with Crippen molar-refractivity contribution < 1.29 is 19.1 Å². The standard InChI is InChI=1S/C36H32O4/c1-3-25-15-19-27(20-16-25)23-39-35(37)33-31(29-11-7-5-8-12-29)34(32(33)30-13-9-6-10-14-30)36(38)40-24-28-21-17-26(4-2)18-22-28/h3-22,31-34H,1-2,23-24H2. The predicted molar refractivity (Wildman–Crippen MR) is 158 cm³/mol. The van der Waals surface area contributed by atoms with Gasteiger partial charge in [0.1, 0.15) is 13.2 Å². The SMILES string of the molecule is C=Cc1ccc(COC(=O)C2C(c3ccccc3)C(C(=O)OCc3ccc(C=C)cc3)C2c2ccccc2)cc1. The summed E-state index contributed by atoms with van der Waals surface area (Å²) >= 11 is 0. The fourth-order valence-corrected chi connectivity index (χ4v) is 5.52. The Bertz CT molecular complexity index is 1330. The average molecular weight is 529 g/mol. The summed E-state index contributed by atoms with van der Waals surface area (Å²) < 4.78 is 11.7. The number of hydrogen-bond acceptors (Lipinski definition) is 4. The quantitative estimate of drug-likeness (QED) is 0.199. The summed E-state index contributed by atoms with van der Waals surface area (Å²) in [5.41, 5.74) is 5.63. The lowest BCUT2D eigenvalue weighted by Gasteiger charge is -2.49. The van der Waals surface area contributed by atoms with Gasteiger partial charge in [-0.2, -0.15) is 0 Å². The maximum Gasteiger partial charge on any atom is 0.310 e. The molecule has 1 fully saturated rings. The molecule has 0 radical (unpaired) electrons. The van der Waals surface area contributed by atoms with Crippen molar-refractivity contribution in [1.82, 2.24) is 0 Å². The van der Waals surface area contributed by atoms with Gasteiger partial charge < -0.3 is 9.47 Å². The molecule has 0 atom stereocenters. The van der Waals surface area contributed by atoms with Gasteiger partial charge in [-0.05, 0) is 33.4 Å². The molecule has 0 spiro atoms. The molecule has 0 aromatic heterocycles. The van der Waals surface area contributed by atoms with Crippen LogP contribution in [0.1, 0.15) is 45.2 Å². The van der Waals surface area contributed by atoms with Crippen molar-refractivity contribution in [2.24, 2.45) is 11.8 Å². The Morgan fingerprint density at radius 2 is 0.900 bits per heavy atom. The molecular formula is C36H32O4. The first-order chi connectivity index (χ1) is 19.6. The largest absolute Gasteiger partial charge is 0.461 e. The van der Waals surface area contributed by atoms with Gasteiger partial charge in [0, 0.05) is 11.8 Å². The van der Waals surface area contributed by atoms with Gasteiger partial charge in [0.2, 0.25) is 0 Å². The molecule has 4 aromatic carbocycles. The third-order valence-corrected chi connectivity index (χ3v) is 7.65. The summed E-state index contributed by atoms with van der Waals surface area (Å²) in [4.78, 5) is 27.4. The van der Waals surface area contributed by atoms with Gasteiger partial charge >= 0.3 is 11.9 Å². The van der Waals surface area contributed by atoms with Crippen molar-refractivity contribution in [3.63, 3.8) is 0 Å². The van der Waals surface area contributed by atoms with E-state index in [1.165, 1.54) is 0 Å². The molecule has 1 saturated carbocycles. The molecule has 4 nitrogen and oxygen atoms in total. The van der Waals surface area contributed by atoms with Crippen molar-refractivity contribution in [3.05, 3.63) is 156 Å².